The van der Waals surface area contributed by atoms with Crippen LogP contribution < -0.4 is 11.1 Å². The van der Waals surface area contributed by atoms with Gasteiger partial charge in [-0.05, 0) is 18.1 Å². The SMILES string of the molecule is Cl.NCCNC(=O)C1CCCN(C(=O)Cn2nnc(-c3ccccc3)n2)C1. The normalized spacial score (nSPS) is 16.5. The van der Waals surface area contributed by atoms with E-state index in [4.69, 9.17) is 5.73 Å². The van der Waals surface area contributed by atoms with Crippen molar-refractivity contribution in [3.05, 3.63) is 30.3 Å². The minimum atomic E-state index is -0.192. The topological polar surface area (TPSA) is 119 Å². The van der Waals surface area contributed by atoms with E-state index < -0.39 is 0 Å². The number of rotatable bonds is 6. The molecule has 0 spiro atoms. The van der Waals surface area contributed by atoms with E-state index in [-0.39, 0.29) is 36.7 Å². The number of hydrogen-bond donors (Lipinski definition) is 2. The Labute approximate surface area is 163 Å². The Hall–Kier alpha value is -2.52. The molecule has 3 rings (SSSR count). The number of benzene rings is 1. The summed E-state index contributed by atoms with van der Waals surface area (Å²) in [6.45, 7) is 1.92. The molecule has 1 fully saturated rings. The number of likely N-dealkylation sites (tertiary alicyclic amines) is 1. The number of nitrogens with one attached hydrogen (secondary N) is 1. The zero-order valence-electron chi connectivity index (χ0n) is 15.0. The molecule has 1 aliphatic heterocycles. The summed E-state index contributed by atoms with van der Waals surface area (Å²) in [5, 5.41) is 15.0. The van der Waals surface area contributed by atoms with Gasteiger partial charge in [-0.2, -0.15) is 4.80 Å². The standard InChI is InChI=1S/C17H23N7O2.ClH/c18-8-9-19-17(26)14-7-4-10-23(11-14)15(25)12-24-21-16(20-22-24)13-5-2-1-3-6-13;/h1-3,5-6,14H,4,7-12,18H2,(H,19,26);1H. The summed E-state index contributed by atoms with van der Waals surface area (Å²) in [7, 11) is 0. The first-order valence-corrected chi connectivity index (χ1v) is 8.76. The Morgan fingerprint density at radius 1 is 1.26 bits per heavy atom. The fourth-order valence-electron chi connectivity index (χ4n) is 2.99. The van der Waals surface area contributed by atoms with Gasteiger partial charge in [0.15, 0.2) is 0 Å². The van der Waals surface area contributed by atoms with Gasteiger partial charge in [0.05, 0.1) is 5.92 Å². The first kappa shape index (κ1) is 20.8. The van der Waals surface area contributed by atoms with E-state index >= 15 is 0 Å². The monoisotopic (exact) mass is 393 g/mol. The molecule has 10 heteroatoms. The smallest absolute Gasteiger partial charge is 0.246 e. The second kappa shape index (κ2) is 9.98. The molecular weight excluding hydrogens is 370 g/mol. The zero-order chi connectivity index (χ0) is 18.4. The van der Waals surface area contributed by atoms with Gasteiger partial charge in [-0.3, -0.25) is 9.59 Å². The Kier molecular flexibility index (Phi) is 7.68. The fourth-order valence-corrected chi connectivity index (χ4v) is 2.99. The molecule has 3 N–H and O–H groups in total. The van der Waals surface area contributed by atoms with E-state index in [9.17, 15) is 9.59 Å². The largest absolute Gasteiger partial charge is 0.355 e. The van der Waals surface area contributed by atoms with Crippen molar-refractivity contribution in [1.29, 1.82) is 0 Å². The molecule has 0 saturated carbocycles. The molecule has 1 atom stereocenters. The first-order valence-electron chi connectivity index (χ1n) is 8.76. The highest BCUT2D eigenvalue weighted by Crippen LogP contribution is 2.17. The maximum Gasteiger partial charge on any atom is 0.246 e. The van der Waals surface area contributed by atoms with Gasteiger partial charge in [0.1, 0.15) is 6.54 Å². The fraction of sp³-hybridized carbons (Fsp3) is 0.471. The molecule has 0 aliphatic carbocycles. The van der Waals surface area contributed by atoms with Crippen LogP contribution >= 0.6 is 12.4 Å². The van der Waals surface area contributed by atoms with Crippen LogP contribution in [-0.2, 0) is 16.1 Å². The van der Waals surface area contributed by atoms with Gasteiger partial charge >= 0.3 is 0 Å². The molecule has 27 heavy (non-hydrogen) atoms. The highest BCUT2D eigenvalue weighted by atomic mass is 35.5. The summed E-state index contributed by atoms with van der Waals surface area (Å²) in [6, 6.07) is 9.47. The predicted octanol–water partition coefficient (Wildman–Crippen LogP) is 0.0754. The lowest BCUT2D eigenvalue weighted by Gasteiger charge is -2.31. The molecule has 2 heterocycles. The molecule has 2 aromatic rings. The van der Waals surface area contributed by atoms with Crippen molar-refractivity contribution < 1.29 is 9.59 Å². The van der Waals surface area contributed by atoms with Gasteiger partial charge in [0.2, 0.25) is 17.6 Å². The summed E-state index contributed by atoms with van der Waals surface area (Å²) in [4.78, 5) is 27.6. The van der Waals surface area contributed by atoms with Crippen LogP contribution in [0, 0.1) is 5.92 Å². The van der Waals surface area contributed by atoms with E-state index in [1.807, 2.05) is 30.3 Å². The lowest BCUT2D eigenvalue weighted by molar-refractivity contribution is -0.136. The number of piperidine rings is 1. The molecule has 9 nitrogen and oxygen atoms in total. The molecule has 1 aromatic carbocycles. The molecule has 0 radical (unpaired) electrons. The zero-order valence-corrected chi connectivity index (χ0v) is 15.8. The van der Waals surface area contributed by atoms with Gasteiger partial charge in [0, 0.05) is 31.7 Å². The quantitative estimate of drug-likeness (QED) is 0.717. The average molecular weight is 394 g/mol. The third-order valence-corrected chi connectivity index (χ3v) is 4.35. The number of aromatic nitrogens is 4. The van der Waals surface area contributed by atoms with Gasteiger partial charge in [-0.15, -0.1) is 22.6 Å². The van der Waals surface area contributed by atoms with Crippen molar-refractivity contribution >= 4 is 24.2 Å². The number of hydrogen-bond acceptors (Lipinski definition) is 6. The number of amides is 2. The van der Waals surface area contributed by atoms with Crippen LogP contribution in [0.3, 0.4) is 0 Å². The van der Waals surface area contributed by atoms with Crippen LogP contribution in [0.5, 0.6) is 0 Å². The van der Waals surface area contributed by atoms with Crippen molar-refractivity contribution in [1.82, 2.24) is 30.4 Å². The van der Waals surface area contributed by atoms with Crippen LogP contribution in [0.4, 0.5) is 0 Å². The van der Waals surface area contributed by atoms with Crippen LogP contribution in [0.15, 0.2) is 30.3 Å². The maximum atomic E-state index is 12.5. The second-order valence-corrected chi connectivity index (χ2v) is 6.27. The van der Waals surface area contributed by atoms with Crippen LogP contribution in [-0.4, -0.2) is 63.1 Å². The maximum absolute atomic E-state index is 12.5. The lowest BCUT2D eigenvalue weighted by atomic mass is 9.97. The third-order valence-electron chi connectivity index (χ3n) is 4.35. The van der Waals surface area contributed by atoms with E-state index in [1.54, 1.807) is 4.90 Å². The molecule has 1 saturated heterocycles. The van der Waals surface area contributed by atoms with Crippen molar-refractivity contribution in [2.45, 2.75) is 19.4 Å². The number of nitrogens with zero attached hydrogens (tertiary/aromatic N) is 5. The molecule has 1 unspecified atom stereocenters. The number of nitrogens with two attached hydrogens (primary N) is 1. The van der Waals surface area contributed by atoms with E-state index in [0.29, 0.717) is 32.0 Å². The summed E-state index contributed by atoms with van der Waals surface area (Å²) in [5.41, 5.74) is 6.26. The average Bonchev–Trinajstić information content (AvgIpc) is 3.15. The van der Waals surface area contributed by atoms with Crippen LogP contribution in [0.2, 0.25) is 0 Å². The Morgan fingerprint density at radius 2 is 2.04 bits per heavy atom. The molecular formula is C17H24ClN7O2. The number of halogens is 1. The van der Waals surface area contributed by atoms with E-state index in [1.165, 1.54) is 4.80 Å². The minimum Gasteiger partial charge on any atom is -0.355 e. The van der Waals surface area contributed by atoms with Crippen molar-refractivity contribution in [3.63, 3.8) is 0 Å². The number of carbonyl (C=O) groups excluding carboxylic acids is 2. The molecule has 1 aliphatic rings. The first-order chi connectivity index (χ1) is 12.7. The molecule has 146 valence electrons. The number of tetrazole rings is 1. The Bertz CT molecular complexity index is 753. The summed E-state index contributed by atoms with van der Waals surface area (Å²) >= 11 is 0. The van der Waals surface area contributed by atoms with Gasteiger partial charge in [-0.25, -0.2) is 0 Å². The molecule has 1 aromatic heterocycles. The summed E-state index contributed by atoms with van der Waals surface area (Å²) < 4.78 is 0. The highest BCUT2D eigenvalue weighted by Gasteiger charge is 2.28. The summed E-state index contributed by atoms with van der Waals surface area (Å²) in [6.07, 6.45) is 1.58. The van der Waals surface area contributed by atoms with Gasteiger partial charge < -0.3 is 16.0 Å². The lowest BCUT2D eigenvalue weighted by Crippen LogP contribution is -2.47. The van der Waals surface area contributed by atoms with Crippen LogP contribution in [0.25, 0.3) is 11.4 Å². The Morgan fingerprint density at radius 3 is 2.78 bits per heavy atom. The van der Waals surface area contributed by atoms with Gasteiger partial charge in [-0.1, -0.05) is 30.3 Å². The van der Waals surface area contributed by atoms with E-state index in [2.05, 4.69) is 20.7 Å². The third kappa shape index (κ3) is 5.48. The Balaban J connectivity index is 0.00000261. The second-order valence-electron chi connectivity index (χ2n) is 6.27. The van der Waals surface area contributed by atoms with Crippen LogP contribution in [0.1, 0.15) is 12.8 Å². The minimum absolute atomic E-state index is 0. The van der Waals surface area contributed by atoms with Gasteiger partial charge in [0.25, 0.3) is 0 Å². The van der Waals surface area contributed by atoms with E-state index in [0.717, 1.165) is 18.4 Å². The predicted molar refractivity (Wildman–Crippen MR) is 102 cm³/mol. The molecule has 0 bridgehead atoms. The summed E-state index contributed by atoms with van der Waals surface area (Å²) in [5.74, 6) is 0.135. The number of carbonyl (C=O) groups is 2. The highest BCUT2D eigenvalue weighted by molar-refractivity contribution is 5.85. The van der Waals surface area contributed by atoms with Crippen molar-refractivity contribution in [2.75, 3.05) is 26.2 Å². The molecule has 2 amide bonds. The van der Waals surface area contributed by atoms with Crippen molar-refractivity contribution in [3.8, 4) is 11.4 Å². The van der Waals surface area contributed by atoms with Crippen molar-refractivity contribution in [2.24, 2.45) is 11.7 Å².